The number of aryl methyl sites for hydroxylation is 1. The molecule has 3 heterocycles. The molecule has 8 heteroatoms. The summed E-state index contributed by atoms with van der Waals surface area (Å²) in [5, 5.41) is 4.87. The van der Waals surface area contributed by atoms with Crippen molar-refractivity contribution < 1.29 is 9.53 Å². The van der Waals surface area contributed by atoms with Gasteiger partial charge in [0, 0.05) is 19.4 Å². The molecule has 0 unspecified atom stereocenters. The van der Waals surface area contributed by atoms with Gasteiger partial charge in [-0.3, -0.25) is 9.59 Å². The molecule has 30 heavy (non-hydrogen) atoms. The van der Waals surface area contributed by atoms with E-state index in [1.54, 1.807) is 31.6 Å². The highest BCUT2D eigenvalue weighted by atomic mass is 32.1. The summed E-state index contributed by atoms with van der Waals surface area (Å²) >= 11 is 1.52. The Hall–Kier alpha value is -3.65. The van der Waals surface area contributed by atoms with Crippen LogP contribution in [-0.4, -0.2) is 27.6 Å². The second-order valence-corrected chi connectivity index (χ2v) is 7.62. The molecule has 3 aromatic heterocycles. The SMILES string of the molecule is COc1cccc([C@H](NC(=O)c2ccc(-c3cccs3)[nH]c2=O)c2nccn2C)c1. The smallest absolute Gasteiger partial charge is 0.261 e. The van der Waals surface area contributed by atoms with Crippen molar-refractivity contribution in [1.29, 1.82) is 0 Å². The number of aromatic nitrogens is 3. The molecule has 2 N–H and O–H groups in total. The first-order valence-corrected chi connectivity index (χ1v) is 10.1. The molecule has 152 valence electrons. The molecule has 0 aliphatic rings. The molecule has 0 bridgehead atoms. The number of hydrogen-bond donors (Lipinski definition) is 2. The van der Waals surface area contributed by atoms with Crippen LogP contribution >= 0.6 is 11.3 Å². The van der Waals surface area contributed by atoms with Gasteiger partial charge in [-0.05, 0) is 41.3 Å². The molecular formula is C22H20N4O3S. The van der Waals surface area contributed by atoms with Crippen molar-refractivity contribution in [2.24, 2.45) is 7.05 Å². The number of pyridine rings is 1. The second kappa shape index (κ2) is 8.38. The summed E-state index contributed by atoms with van der Waals surface area (Å²) in [4.78, 5) is 33.7. The molecule has 0 radical (unpaired) electrons. The Labute approximate surface area is 177 Å². The van der Waals surface area contributed by atoms with E-state index in [2.05, 4.69) is 15.3 Å². The average Bonchev–Trinajstić information content (AvgIpc) is 3.44. The number of methoxy groups -OCH3 is 1. The number of H-pyrrole nitrogens is 1. The molecule has 0 fully saturated rings. The van der Waals surface area contributed by atoms with Crippen LogP contribution < -0.4 is 15.6 Å². The van der Waals surface area contributed by atoms with Gasteiger partial charge in [0.15, 0.2) is 0 Å². The maximum absolute atomic E-state index is 13.0. The van der Waals surface area contributed by atoms with Crippen molar-refractivity contribution in [1.82, 2.24) is 19.9 Å². The highest BCUT2D eigenvalue weighted by Crippen LogP contribution is 2.25. The Morgan fingerprint density at radius 2 is 2.10 bits per heavy atom. The molecular weight excluding hydrogens is 400 g/mol. The van der Waals surface area contributed by atoms with Gasteiger partial charge < -0.3 is 19.6 Å². The fraction of sp³-hybridized carbons (Fsp3) is 0.136. The topological polar surface area (TPSA) is 89.0 Å². The van der Waals surface area contributed by atoms with E-state index in [1.807, 2.05) is 53.4 Å². The van der Waals surface area contributed by atoms with Gasteiger partial charge >= 0.3 is 0 Å². The van der Waals surface area contributed by atoms with Crippen LogP contribution in [0.1, 0.15) is 27.8 Å². The number of carbonyl (C=O) groups excluding carboxylic acids is 1. The number of imidazole rings is 1. The first-order chi connectivity index (χ1) is 14.6. The van der Waals surface area contributed by atoms with Gasteiger partial charge in [-0.2, -0.15) is 0 Å². The molecule has 1 amide bonds. The number of ether oxygens (including phenoxy) is 1. The van der Waals surface area contributed by atoms with Gasteiger partial charge in [-0.25, -0.2) is 4.98 Å². The molecule has 0 saturated heterocycles. The zero-order valence-electron chi connectivity index (χ0n) is 16.5. The number of nitrogens with one attached hydrogen (secondary N) is 2. The van der Waals surface area contributed by atoms with E-state index in [1.165, 1.54) is 11.3 Å². The number of benzene rings is 1. The van der Waals surface area contributed by atoms with Crippen LogP contribution in [-0.2, 0) is 7.05 Å². The summed E-state index contributed by atoms with van der Waals surface area (Å²) in [6, 6.07) is 13.9. The maximum Gasteiger partial charge on any atom is 0.261 e. The van der Waals surface area contributed by atoms with Crippen molar-refractivity contribution in [2.45, 2.75) is 6.04 Å². The van der Waals surface area contributed by atoms with Gasteiger partial charge in [0.25, 0.3) is 11.5 Å². The van der Waals surface area contributed by atoms with Crippen LogP contribution in [0.3, 0.4) is 0 Å². The first kappa shape index (κ1) is 19.7. The standard InChI is InChI=1S/C22H20N4O3S/c1-26-11-10-23-20(26)19(14-5-3-6-15(13-14)29-2)25-22(28)16-8-9-17(24-21(16)27)18-7-4-12-30-18/h3-13,19H,1-2H3,(H,24,27)(H,25,28)/t19-/m0/s1. The zero-order chi connectivity index (χ0) is 21.1. The number of aromatic amines is 1. The highest BCUT2D eigenvalue weighted by molar-refractivity contribution is 7.13. The van der Waals surface area contributed by atoms with Crippen molar-refractivity contribution in [3.05, 3.63) is 93.6 Å². The Bertz CT molecular complexity index is 1230. The number of nitrogens with zero attached hydrogens (tertiary/aromatic N) is 2. The van der Waals surface area contributed by atoms with Crippen LogP contribution in [0.2, 0.25) is 0 Å². The largest absolute Gasteiger partial charge is 0.497 e. The number of hydrogen-bond acceptors (Lipinski definition) is 5. The molecule has 1 atom stereocenters. The molecule has 0 aliphatic carbocycles. The van der Waals surface area contributed by atoms with Crippen LogP contribution in [0.4, 0.5) is 0 Å². The minimum atomic E-state index is -0.552. The summed E-state index contributed by atoms with van der Waals surface area (Å²) in [6.07, 6.45) is 3.47. The Morgan fingerprint density at radius 3 is 2.77 bits per heavy atom. The molecule has 7 nitrogen and oxygen atoms in total. The summed E-state index contributed by atoms with van der Waals surface area (Å²) in [5.74, 6) is 0.826. The lowest BCUT2D eigenvalue weighted by molar-refractivity contribution is 0.0939. The van der Waals surface area contributed by atoms with E-state index >= 15 is 0 Å². The summed E-state index contributed by atoms with van der Waals surface area (Å²) in [5.41, 5.74) is 1.07. The van der Waals surface area contributed by atoms with E-state index in [-0.39, 0.29) is 5.56 Å². The van der Waals surface area contributed by atoms with Gasteiger partial charge in [-0.15, -0.1) is 11.3 Å². The van der Waals surface area contributed by atoms with E-state index in [4.69, 9.17) is 4.74 Å². The monoisotopic (exact) mass is 420 g/mol. The van der Waals surface area contributed by atoms with Crippen molar-refractivity contribution in [3.8, 4) is 16.3 Å². The quantitative estimate of drug-likeness (QED) is 0.501. The van der Waals surface area contributed by atoms with Crippen LogP contribution in [0.25, 0.3) is 10.6 Å². The van der Waals surface area contributed by atoms with E-state index in [0.29, 0.717) is 17.3 Å². The van der Waals surface area contributed by atoms with E-state index < -0.39 is 17.5 Å². The van der Waals surface area contributed by atoms with Gasteiger partial charge in [0.2, 0.25) is 0 Å². The molecule has 0 aliphatic heterocycles. The second-order valence-electron chi connectivity index (χ2n) is 6.67. The predicted octanol–water partition coefficient (Wildman–Crippen LogP) is 3.36. The van der Waals surface area contributed by atoms with Gasteiger partial charge in [-0.1, -0.05) is 18.2 Å². The minimum absolute atomic E-state index is 0.0393. The molecule has 4 aromatic rings. The van der Waals surface area contributed by atoms with Gasteiger partial charge in [0.1, 0.15) is 23.2 Å². The molecule has 0 saturated carbocycles. The number of carbonyl (C=O) groups is 1. The Kier molecular flexibility index (Phi) is 5.49. The van der Waals surface area contributed by atoms with Crippen molar-refractivity contribution in [3.63, 3.8) is 0 Å². The third kappa shape index (κ3) is 3.90. The third-order valence-corrected chi connectivity index (χ3v) is 5.66. The van der Waals surface area contributed by atoms with Crippen LogP contribution in [0.15, 0.2) is 71.1 Å². The fourth-order valence-corrected chi connectivity index (χ4v) is 3.92. The summed E-state index contributed by atoms with van der Waals surface area (Å²) in [7, 11) is 3.44. The Morgan fingerprint density at radius 1 is 1.23 bits per heavy atom. The number of thiophene rings is 1. The summed E-state index contributed by atoms with van der Waals surface area (Å²) in [6.45, 7) is 0. The molecule has 4 rings (SSSR count). The number of amides is 1. The average molecular weight is 420 g/mol. The summed E-state index contributed by atoms with van der Waals surface area (Å²) < 4.78 is 7.14. The van der Waals surface area contributed by atoms with E-state index in [0.717, 1.165) is 10.4 Å². The lowest BCUT2D eigenvalue weighted by Crippen LogP contribution is -2.34. The maximum atomic E-state index is 13.0. The minimum Gasteiger partial charge on any atom is -0.497 e. The molecule has 0 spiro atoms. The van der Waals surface area contributed by atoms with E-state index in [9.17, 15) is 9.59 Å². The third-order valence-electron chi connectivity index (χ3n) is 4.76. The fourth-order valence-electron chi connectivity index (χ4n) is 3.21. The highest BCUT2D eigenvalue weighted by Gasteiger charge is 2.23. The van der Waals surface area contributed by atoms with Crippen LogP contribution in [0, 0.1) is 0 Å². The van der Waals surface area contributed by atoms with Crippen LogP contribution in [0.5, 0.6) is 5.75 Å². The lowest BCUT2D eigenvalue weighted by atomic mass is 10.0. The van der Waals surface area contributed by atoms with Crippen molar-refractivity contribution >= 4 is 17.2 Å². The first-order valence-electron chi connectivity index (χ1n) is 9.26. The predicted molar refractivity (Wildman–Crippen MR) is 116 cm³/mol. The number of rotatable bonds is 6. The van der Waals surface area contributed by atoms with Gasteiger partial charge in [0.05, 0.1) is 17.7 Å². The van der Waals surface area contributed by atoms with Crippen molar-refractivity contribution in [2.75, 3.05) is 7.11 Å². The normalized spacial score (nSPS) is 11.8. The Balaban J connectivity index is 1.67. The molecule has 1 aromatic carbocycles. The zero-order valence-corrected chi connectivity index (χ0v) is 17.3. The lowest BCUT2D eigenvalue weighted by Gasteiger charge is -2.19.